The number of amides is 2. The third-order valence-electron chi connectivity index (χ3n) is 1.56. The van der Waals surface area contributed by atoms with Gasteiger partial charge in [0, 0.05) is 11.8 Å². The first-order valence-corrected chi connectivity index (χ1v) is 5.70. The molecule has 0 rings (SSSR count). The molecule has 2 unspecified atom stereocenters. The number of carbonyl (C=O) groups is 2. The van der Waals surface area contributed by atoms with Crippen LogP contribution in [0.1, 0.15) is 13.3 Å². The largest absolute Gasteiger partial charge is 0.370 e. The van der Waals surface area contributed by atoms with Gasteiger partial charge in [0.15, 0.2) is 0 Å². The first kappa shape index (κ1) is 13.2. The molecule has 14 heavy (non-hydrogen) atoms. The fourth-order valence-electron chi connectivity index (χ4n) is 0.951. The van der Waals surface area contributed by atoms with Crippen LogP contribution in [-0.2, 0) is 9.59 Å². The molecule has 82 valence electrons. The molecule has 0 fully saturated rings. The molecule has 5 N–H and O–H groups in total. The monoisotopic (exact) mass is 219 g/mol. The van der Waals surface area contributed by atoms with Crippen molar-refractivity contribution < 1.29 is 9.59 Å². The number of carbonyl (C=O) groups excluding carboxylic acids is 2. The summed E-state index contributed by atoms with van der Waals surface area (Å²) in [5.74, 6) is -0.0785. The van der Waals surface area contributed by atoms with Crippen molar-refractivity contribution in [2.24, 2.45) is 11.5 Å². The predicted octanol–water partition coefficient (Wildman–Crippen LogP) is -0.943. The maximum absolute atomic E-state index is 11.3. The van der Waals surface area contributed by atoms with Crippen molar-refractivity contribution in [2.45, 2.75) is 25.4 Å². The summed E-state index contributed by atoms with van der Waals surface area (Å²) >= 11 is 1.63. The Labute approximate surface area is 88.0 Å². The van der Waals surface area contributed by atoms with E-state index >= 15 is 0 Å². The van der Waals surface area contributed by atoms with E-state index in [1.807, 2.05) is 13.2 Å². The quantitative estimate of drug-likeness (QED) is 0.537. The van der Waals surface area contributed by atoms with Crippen molar-refractivity contribution in [1.82, 2.24) is 5.32 Å². The van der Waals surface area contributed by atoms with E-state index in [0.29, 0.717) is 0 Å². The third kappa shape index (κ3) is 5.82. The van der Waals surface area contributed by atoms with E-state index in [1.165, 1.54) is 0 Å². The molecule has 0 bridgehead atoms. The summed E-state index contributed by atoms with van der Waals surface area (Å²) in [5.41, 5.74) is 10.4. The molecule has 0 aromatic rings. The molecule has 0 saturated heterocycles. The summed E-state index contributed by atoms with van der Waals surface area (Å²) in [6, 6.07) is -0.784. The molecule has 6 heteroatoms. The van der Waals surface area contributed by atoms with E-state index in [1.54, 1.807) is 11.8 Å². The number of hydrogen-bond acceptors (Lipinski definition) is 4. The smallest absolute Gasteiger partial charge is 0.237 e. The van der Waals surface area contributed by atoms with Crippen molar-refractivity contribution >= 4 is 23.6 Å². The van der Waals surface area contributed by atoms with E-state index in [9.17, 15) is 9.59 Å². The Balaban J connectivity index is 3.88. The van der Waals surface area contributed by atoms with Crippen LogP contribution >= 0.6 is 11.8 Å². The summed E-state index contributed by atoms with van der Waals surface area (Å²) in [6.45, 7) is 1.88. The molecular formula is C8H17N3O2S. The van der Waals surface area contributed by atoms with Gasteiger partial charge in [-0.25, -0.2) is 0 Å². The van der Waals surface area contributed by atoms with Gasteiger partial charge in [0.05, 0.1) is 12.5 Å². The molecule has 0 aromatic carbocycles. The average Bonchev–Trinajstić information content (AvgIpc) is 2.02. The molecular weight excluding hydrogens is 202 g/mol. The van der Waals surface area contributed by atoms with Gasteiger partial charge in [-0.2, -0.15) is 11.8 Å². The zero-order chi connectivity index (χ0) is 11.1. The highest BCUT2D eigenvalue weighted by Crippen LogP contribution is 1.97. The number of rotatable bonds is 6. The summed E-state index contributed by atoms with van der Waals surface area (Å²) in [7, 11) is 0. The standard InChI is InChI=1S/C8H17N3O2S/c1-5(4-14-2)11-8(13)6(9)3-7(10)12/h5-6H,3-4,9H2,1-2H3,(H2,10,12)(H,11,13). The predicted molar refractivity (Wildman–Crippen MR) is 57.8 cm³/mol. The van der Waals surface area contributed by atoms with Gasteiger partial charge in [0.1, 0.15) is 0 Å². The van der Waals surface area contributed by atoms with Gasteiger partial charge in [-0.15, -0.1) is 0 Å². The van der Waals surface area contributed by atoms with Crippen LogP contribution in [0.4, 0.5) is 0 Å². The first-order chi connectivity index (χ1) is 6.47. The van der Waals surface area contributed by atoms with Gasteiger partial charge < -0.3 is 16.8 Å². The van der Waals surface area contributed by atoms with Crippen LogP contribution in [0.15, 0.2) is 0 Å². The number of thioether (sulfide) groups is 1. The number of primary amides is 1. The van der Waals surface area contributed by atoms with Crippen molar-refractivity contribution in [2.75, 3.05) is 12.0 Å². The lowest BCUT2D eigenvalue weighted by Crippen LogP contribution is -2.46. The lowest BCUT2D eigenvalue weighted by molar-refractivity contribution is -0.126. The zero-order valence-electron chi connectivity index (χ0n) is 8.45. The highest BCUT2D eigenvalue weighted by atomic mass is 32.2. The lowest BCUT2D eigenvalue weighted by atomic mass is 10.2. The topological polar surface area (TPSA) is 98.2 Å². The molecule has 0 radical (unpaired) electrons. The first-order valence-electron chi connectivity index (χ1n) is 4.30. The fourth-order valence-corrected chi connectivity index (χ4v) is 1.53. The average molecular weight is 219 g/mol. The van der Waals surface area contributed by atoms with Crippen LogP contribution in [0.25, 0.3) is 0 Å². The molecule has 2 atom stereocenters. The third-order valence-corrected chi connectivity index (χ3v) is 2.40. The van der Waals surface area contributed by atoms with Crippen LogP contribution in [0.3, 0.4) is 0 Å². The van der Waals surface area contributed by atoms with Crippen LogP contribution in [-0.4, -0.2) is 35.9 Å². The molecule has 5 nitrogen and oxygen atoms in total. The zero-order valence-corrected chi connectivity index (χ0v) is 9.26. The molecule has 0 aliphatic carbocycles. The molecule has 0 aromatic heterocycles. The highest BCUT2D eigenvalue weighted by molar-refractivity contribution is 7.98. The molecule has 0 spiro atoms. The van der Waals surface area contributed by atoms with Crippen LogP contribution in [0.5, 0.6) is 0 Å². The van der Waals surface area contributed by atoms with E-state index in [-0.39, 0.29) is 18.4 Å². The molecule has 0 saturated carbocycles. The Morgan fingerprint density at radius 1 is 1.50 bits per heavy atom. The minimum atomic E-state index is -0.836. The van der Waals surface area contributed by atoms with Crippen molar-refractivity contribution in [3.63, 3.8) is 0 Å². The van der Waals surface area contributed by atoms with Crippen molar-refractivity contribution in [3.05, 3.63) is 0 Å². The number of nitrogens with one attached hydrogen (secondary N) is 1. The van der Waals surface area contributed by atoms with Gasteiger partial charge in [-0.3, -0.25) is 9.59 Å². The fraction of sp³-hybridized carbons (Fsp3) is 0.750. The molecule has 0 aliphatic rings. The second kappa shape index (κ2) is 6.67. The van der Waals surface area contributed by atoms with E-state index < -0.39 is 11.9 Å². The summed E-state index contributed by atoms with van der Waals surface area (Å²) in [5, 5.41) is 2.69. The Hall–Kier alpha value is -0.750. The summed E-state index contributed by atoms with van der Waals surface area (Å²) in [6.07, 6.45) is 1.84. The number of hydrogen-bond donors (Lipinski definition) is 3. The SMILES string of the molecule is CSCC(C)NC(=O)C(N)CC(N)=O. The lowest BCUT2D eigenvalue weighted by Gasteiger charge is -2.15. The minimum absolute atomic E-state index is 0.0522. The van der Waals surface area contributed by atoms with E-state index in [2.05, 4.69) is 5.32 Å². The van der Waals surface area contributed by atoms with Crippen LogP contribution in [0.2, 0.25) is 0 Å². The molecule has 2 amide bonds. The van der Waals surface area contributed by atoms with Crippen molar-refractivity contribution in [3.8, 4) is 0 Å². The maximum atomic E-state index is 11.3. The Bertz CT molecular complexity index is 211. The van der Waals surface area contributed by atoms with Crippen LogP contribution < -0.4 is 16.8 Å². The number of nitrogens with two attached hydrogens (primary N) is 2. The molecule has 0 aliphatic heterocycles. The second-order valence-corrected chi connectivity index (χ2v) is 4.05. The normalized spacial score (nSPS) is 14.5. The van der Waals surface area contributed by atoms with Crippen LogP contribution in [0, 0.1) is 0 Å². The Morgan fingerprint density at radius 2 is 2.07 bits per heavy atom. The molecule has 0 heterocycles. The van der Waals surface area contributed by atoms with Crippen molar-refractivity contribution in [1.29, 1.82) is 0 Å². The van der Waals surface area contributed by atoms with Gasteiger partial charge in [-0.1, -0.05) is 0 Å². The Kier molecular flexibility index (Phi) is 6.31. The van der Waals surface area contributed by atoms with E-state index in [0.717, 1.165) is 5.75 Å². The van der Waals surface area contributed by atoms with Gasteiger partial charge in [0.2, 0.25) is 11.8 Å². The Morgan fingerprint density at radius 3 is 2.50 bits per heavy atom. The minimum Gasteiger partial charge on any atom is -0.370 e. The maximum Gasteiger partial charge on any atom is 0.237 e. The highest BCUT2D eigenvalue weighted by Gasteiger charge is 2.17. The van der Waals surface area contributed by atoms with Gasteiger partial charge >= 0.3 is 0 Å². The second-order valence-electron chi connectivity index (χ2n) is 3.14. The van der Waals surface area contributed by atoms with Gasteiger partial charge in [0.25, 0.3) is 0 Å². The van der Waals surface area contributed by atoms with Gasteiger partial charge in [-0.05, 0) is 13.2 Å². The summed E-state index contributed by atoms with van der Waals surface area (Å²) in [4.78, 5) is 21.8. The van der Waals surface area contributed by atoms with E-state index in [4.69, 9.17) is 11.5 Å². The summed E-state index contributed by atoms with van der Waals surface area (Å²) < 4.78 is 0.